The van der Waals surface area contributed by atoms with Crippen LogP contribution in [0.25, 0.3) is 0 Å². The number of carbonyl (C=O) groups excluding carboxylic acids is 1. The van der Waals surface area contributed by atoms with E-state index in [4.69, 9.17) is 4.74 Å². The van der Waals surface area contributed by atoms with E-state index in [0.717, 1.165) is 24.3 Å². The first-order valence-electron chi connectivity index (χ1n) is 8.95. The molecule has 3 rings (SSSR count). The molecule has 2 aromatic carbocycles. The molecule has 1 saturated carbocycles. The van der Waals surface area contributed by atoms with E-state index in [9.17, 15) is 9.90 Å². The fraction of sp³-hybridized carbons (Fsp3) is 0.381. The molecule has 0 unspecified atom stereocenters. The van der Waals surface area contributed by atoms with Crippen molar-refractivity contribution in [1.29, 1.82) is 0 Å². The summed E-state index contributed by atoms with van der Waals surface area (Å²) >= 11 is 0. The number of rotatable bonds is 8. The number of aromatic hydroxyl groups is 1. The molecule has 4 nitrogen and oxygen atoms in total. The molecule has 0 aromatic heterocycles. The second-order valence-corrected chi connectivity index (χ2v) is 6.68. The molecule has 4 heteroatoms. The molecule has 0 saturated heterocycles. The van der Waals surface area contributed by atoms with Gasteiger partial charge in [-0.05, 0) is 61.1 Å². The predicted molar refractivity (Wildman–Crippen MR) is 97.8 cm³/mol. The number of phenols is 1. The Labute approximate surface area is 149 Å². The Morgan fingerprint density at radius 2 is 2.00 bits per heavy atom. The van der Waals surface area contributed by atoms with Gasteiger partial charge in [-0.3, -0.25) is 4.79 Å². The van der Waals surface area contributed by atoms with Crippen LogP contribution < -0.4 is 4.74 Å². The first-order chi connectivity index (χ1) is 12.2. The van der Waals surface area contributed by atoms with Gasteiger partial charge in [0.25, 0.3) is 5.91 Å². The maximum atomic E-state index is 13.0. The highest BCUT2D eigenvalue weighted by molar-refractivity contribution is 5.94. The van der Waals surface area contributed by atoms with E-state index in [2.05, 4.69) is 6.92 Å². The minimum Gasteiger partial charge on any atom is -0.508 e. The van der Waals surface area contributed by atoms with Gasteiger partial charge in [0.15, 0.2) is 0 Å². The van der Waals surface area contributed by atoms with Gasteiger partial charge < -0.3 is 14.7 Å². The van der Waals surface area contributed by atoms with Crippen molar-refractivity contribution in [1.82, 2.24) is 4.90 Å². The Hall–Kier alpha value is -2.49. The summed E-state index contributed by atoms with van der Waals surface area (Å²) in [6, 6.07) is 14.5. The number of carbonyl (C=O) groups is 1. The van der Waals surface area contributed by atoms with Crippen LogP contribution in [0.1, 0.15) is 42.1 Å². The fourth-order valence-corrected chi connectivity index (χ4v) is 2.83. The van der Waals surface area contributed by atoms with Crippen LogP contribution >= 0.6 is 0 Å². The van der Waals surface area contributed by atoms with Gasteiger partial charge in [-0.25, -0.2) is 0 Å². The molecule has 2 aromatic rings. The average molecular weight is 339 g/mol. The van der Waals surface area contributed by atoms with Crippen LogP contribution in [0.4, 0.5) is 0 Å². The molecule has 0 atom stereocenters. The molecular formula is C21H25NO3. The second-order valence-electron chi connectivity index (χ2n) is 6.68. The number of hydrogen-bond donors (Lipinski definition) is 1. The summed E-state index contributed by atoms with van der Waals surface area (Å²) in [7, 11) is 0. The van der Waals surface area contributed by atoms with E-state index in [0.29, 0.717) is 24.6 Å². The zero-order valence-corrected chi connectivity index (χ0v) is 14.6. The molecule has 0 bridgehead atoms. The van der Waals surface area contributed by atoms with Crippen LogP contribution in [0.3, 0.4) is 0 Å². The largest absolute Gasteiger partial charge is 0.508 e. The summed E-state index contributed by atoms with van der Waals surface area (Å²) in [5.41, 5.74) is 1.58. The minimum atomic E-state index is 0.0113. The van der Waals surface area contributed by atoms with Gasteiger partial charge in [0.2, 0.25) is 0 Å². The molecule has 1 N–H and O–H groups in total. The molecule has 1 aliphatic rings. The first kappa shape index (κ1) is 17.3. The highest BCUT2D eigenvalue weighted by atomic mass is 16.5. The minimum absolute atomic E-state index is 0.0113. The van der Waals surface area contributed by atoms with Crippen molar-refractivity contribution < 1.29 is 14.6 Å². The summed E-state index contributed by atoms with van der Waals surface area (Å²) in [5.74, 6) is 1.57. The van der Waals surface area contributed by atoms with Crippen molar-refractivity contribution in [3.8, 4) is 11.5 Å². The Balaban J connectivity index is 1.76. The monoisotopic (exact) mass is 339 g/mol. The lowest BCUT2D eigenvalue weighted by Gasteiger charge is -2.23. The predicted octanol–water partition coefficient (Wildman–Crippen LogP) is 4.23. The van der Waals surface area contributed by atoms with Crippen molar-refractivity contribution in [2.24, 2.45) is 5.92 Å². The third kappa shape index (κ3) is 4.99. The van der Waals surface area contributed by atoms with Gasteiger partial charge in [0.1, 0.15) is 11.5 Å². The van der Waals surface area contributed by atoms with Crippen LogP contribution in [0.5, 0.6) is 11.5 Å². The highest BCUT2D eigenvalue weighted by Gasteiger charge is 2.27. The van der Waals surface area contributed by atoms with E-state index >= 15 is 0 Å². The van der Waals surface area contributed by atoms with Gasteiger partial charge in [0.05, 0.1) is 6.61 Å². The molecule has 25 heavy (non-hydrogen) atoms. The summed E-state index contributed by atoms with van der Waals surface area (Å²) in [5, 5.41) is 9.67. The van der Waals surface area contributed by atoms with Crippen molar-refractivity contribution in [3.63, 3.8) is 0 Å². The Bertz CT molecular complexity index is 725. The van der Waals surface area contributed by atoms with Crippen LogP contribution in [-0.4, -0.2) is 29.1 Å². The quantitative estimate of drug-likeness (QED) is 0.783. The first-order valence-corrected chi connectivity index (χ1v) is 8.95. The lowest BCUT2D eigenvalue weighted by Crippen LogP contribution is -2.32. The summed E-state index contributed by atoms with van der Waals surface area (Å²) in [4.78, 5) is 14.9. The topological polar surface area (TPSA) is 49.8 Å². The van der Waals surface area contributed by atoms with Gasteiger partial charge in [-0.2, -0.15) is 0 Å². The molecule has 1 fully saturated rings. The average Bonchev–Trinajstić information content (AvgIpc) is 3.43. The lowest BCUT2D eigenvalue weighted by molar-refractivity contribution is 0.0734. The van der Waals surface area contributed by atoms with Crippen LogP contribution in [-0.2, 0) is 6.54 Å². The third-order valence-electron chi connectivity index (χ3n) is 4.30. The van der Waals surface area contributed by atoms with E-state index < -0.39 is 0 Å². The van der Waals surface area contributed by atoms with Crippen LogP contribution in [0.2, 0.25) is 0 Å². The molecule has 0 aliphatic heterocycles. The number of nitrogens with zero attached hydrogens (tertiary/aromatic N) is 1. The SMILES string of the molecule is CCCOc1cccc(C(=O)N(Cc2cccc(O)c2)CC2CC2)c1. The molecule has 0 radical (unpaired) electrons. The van der Waals surface area contributed by atoms with Gasteiger partial charge in [0, 0.05) is 18.7 Å². The van der Waals surface area contributed by atoms with Gasteiger partial charge in [-0.15, -0.1) is 0 Å². The van der Waals surface area contributed by atoms with Crippen LogP contribution in [0, 0.1) is 5.92 Å². The Morgan fingerprint density at radius 3 is 2.72 bits per heavy atom. The highest BCUT2D eigenvalue weighted by Crippen LogP contribution is 2.31. The van der Waals surface area contributed by atoms with Crippen molar-refractivity contribution in [3.05, 3.63) is 59.7 Å². The number of amides is 1. The van der Waals surface area contributed by atoms with E-state index in [1.165, 1.54) is 12.8 Å². The number of phenolic OH excluding ortho intramolecular Hbond substituents is 1. The Kier molecular flexibility index (Phi) is 5.59. The molecular weight excluding hydrogens is 314 g/mol. The number of benzene rings is 2. The standard InChI is InChI=1S/C21H25NO3/c1-2-11-25-20-8-4-6-18(13-20)21(24)22(14-16-9-10-16)15-17-5-3-7-19(23)12-17/h3-8,12-13,16,23H,2,9-11,14-15H2,1H3. The van der Waals surface area contributed by atoms with E-state index in [1.807, 2.05) is 41.3 Å². The zero-order chi connectivity index (χ0) is 17.6. The van der Waals surface area contributed by atoms with Gasteiger partial charge >= 0.3 is 0 Å². The fourth-order valence-electron chi connectivity index (χ4n) is 2.83. The molecule has 1 amide bonds. The van der Waals surface area contributed by atoms with E-state index in [1.54, 1.807) is 12.1 Å². The maximum absolute atomic E-state index is 13.0. The summed E-state index contributed by atoms with van der Waals surface area (Å²) in [6.07, 6.45) is 3.30. The van der Waals surface area contributed by atoms with Crippen molar-refractivity contribution in [2.45, 2.75) is 32.7 Å². The molecule has 0 spiro atoms. The zero-order valence-electron chi connectivity index (χ0n) is 14.6. The second kappa shape index (κ2) is 8.06. The van der Waals surface area contributed by atoms with Gasteiger partial charge in [-0.1, -0.05) is 25.1 Å². The van der Waals surface area contributed by atoms with Crippen molar-refractivity contribution in [2.75, 3.05) is 13.2 Å². The number of hydrogen-bond acceptors (Lipinski definition) is 3. The smallest absolute Gasteiger partial charge is 0.254 e. The normalized spacial score (nSPS) is 13.5. The molecule has 0 heterocycles. The molecule has 132 valence electrons. The lowest BCUT2D eigenvalue weighted by atomic mass is 10.1. The van der Waals surface area contributed by atoms with E-state index in [-0.39, 0.29) is 11.7 Å². The Morgan fingerprint density at radius 1 is 1.20 bits per heavy atom. The van der Waals surface area contributed by atoms with Crippen molar-refractivity contribution >= 4 is 5.91 Å². The summed E-state index contributed by atoms with van der Waals surface area (Å²) < 4.78 is 5.65. The summed E-state index contributed by atoms with van der Waals surface area (Å²) in [6.45, 7) is 3.96. The molecule has 1 aliphatic carbocycles. The van der Waals surface area contributed by atoms with Crippen LogP contribution in [0.15, 0.2) is 48.5 Å². The maximum Gasteiger partial charge on any atom is 0.254 e. The number of ether oxygens (including phenoxy) is 1. The third-order valence-corrected chi connectivity index (χ3v) is 4.30.